The molecule has 0 atom stereocenters. The first-order chi connectivity index (χ1) is 14.2. The number of halogens is 4. The number of phenolic OH excluding ortho intramolecular Hbond substituents is 2. The van der Waals surface area contributed by atoms with E-state index in [1.165, 1.54) is 0 Å². The molecule has 0 bridgehead atoms. The number of carbonyl (C=O) groups is 1. The molecule has 0 amide bonds. The zero-order valence-electron chi connectivity index (χ0n) is 15.6. The molecule has 156 valence electrons. The molecule has 3 rings (SSSR count). The van der Waals surface area contributed by atoms with E-state index in [1.807, 2.05) is 12.1 Å². The first-order valence-electron chi connectivity index (χ1n) is 8.86. The van der Waals surface area contributed by atoms with Crippen LogP contribution in [0, 0.1) is 0 Å². The van der Waals surface area contributed by atoms with E-state index in [0.29, 0.717) is 23.5 Å². The largest absolute Gasteiger partial charge is 0.506 e. The third-order valence-corrected chi connectivity index (χ3v) is 6.93. The van der Waals surface area contributed by atoms with Crippen LogP contribution in [-0.2, 0) is 4.74 Å². The van der Waals surface area contributed by atoms with Crippen LogP contribution < -0.4 is 0 Å². The Kier molecular flexibility index (Phi) is 7.66. The van der Waals surface area contributed by atoms with Crippen molar-refractivity contribution in [2.45, 2.75) is 12.8 Å². The Hall–Kier alpha value is -1.35. The Balaban J connectivity index is 2.31. The molecule has 0 aliphatic heterocycles. The molecule has 0 spiro atoms. The van der Waals surface area contributed by atoms with Crippen molar-refractivity contribution >= 4 is 69.7 Å². The fourth-order valence-corrected chi connectivity index (χ4v) is 5.64. The maximum atomic E-state index is 12.7. The molecule has 0 aliphatic carbocycles. The first kappa shape index (κ1) is 23.3. The smallest absolute Gasteiger partial charge is 0.338 e. The zero-order valence-corrected chi connectivity index (χ0v) is 22.0. The van der Waals surface area contributed by atoms with E-state index in [-0.39, 0.29) is 24.0 Å². The summed E-state index contributed by atoms with van der Waals surface area (Å²) >= 11 is 13.6. The molecule has 0 fully saturated rings. The average Bonchev–Trinajstić information content (AvgIpc) is 2.71. The minimum Gasteiger partial charge on any atom is -0.506 e. The van der Waals surface area contributed by atoms with Crippen LogP contribution in [0.5, 0.6) is 11.5 Å². The number of hydrogen-bond acceptors (Lipinski definition) is 4. The summed E-state index contributed by atoms with van der Waals surface area (Å²) in [6, 6.07) is 14.5. The van der Waals surface area contributed by atoms with Crippen molar-refractivity contribution in [2.24, 2.45) is 0 Å². The quantitative estimate of drug-likeness (QED) is 0.219. The topological polar surface area (TPSA) is 66.8 Å². The number of aromatic hydroxyl groups is 2. The van der Waals surface area contributed by atoms with Gasteiger partial charge in [-0.25, -0.2) is 4.79 Å². The lowest BCUT2D eigenvalue weighted by Crippen LogP contribution is -2.13. The van der Waals surface area contributed by atoms with Gasteiger partial charge < -0.3 is 14.9 Å². The summed E-state index contributed by atoms with van der Waals surface area (Å²) in [4.78, 5) is 12.7. The standard InChI is InChI=1S/C22H16Br4O4/c1-2-30-22(29)14-6-4-3-5-13(14)19(11-7-15(23)20(27)16(24)8-11)12-9-17(25)21(28)18(26)10-12/h3-10,19,27-28H,2H2,1H3. The van der Waals surface area contributed by atoms with E-state index in [0.717, 1.165) is 16.7 Å². The van der Waals surface area contributed by atoms with Gasteiger partial charge in [0.25, 0.3) is 0 Å². The monoisotopic (exact) mass is 660 g/mol. The van der Waals surface area contributed by atoms with Crippen LogP contribution in [0.1, 0.15) is 39.9 Å². The molecule has 4 nitrogen and oxygen atoms in total. The molecular formula is C22H16Br4O4. The number of benzene rings is 3. The highest BCUT2D eigenvalue weighted by Gasteiger charge is 2.26. The molecule has 30 heavy (non-hydrogen) atoms. The summed E-state index contributed by atoms with van der Waals surface area (Å²) in [5.74, 6) is -0.618. The summed E-state index contributed by atoms with van der Waals surface area (Å²) in [7, 11) is 0. The van der Waals surface area contributed by atoms with Crippen molar-refractivity contribution in [1.82, 2.24) is 0 Å². The fraction of sp³-hybridized carbons (Fsp3) is 0.136. The van der Waals surface area contributed by atoms with Crippen molar-refractivity contribution in [1.29, 1.82) is 0 Å². The number of ether oxygens (including phenoxy) is 1. The van der Waals surface area contributed by atoms with Crippen molar-refractivity contribution in [3.05, 3.63) is 88.7 Å². The molecule has 2 N–H and O–H groups in total. The van der Waals surface area contributed by atoms with Crippen LogP contribution in [-0.4, -0.2) is 22.8 Å². The predicted octanol–water partition coefficient (Wildman–Crippen LogP) is 7.50. The van der Waals surface area contributed by atoms with Crippen LogP contribution in [0.3, 0.4) is 0 Å². The summed E-state index contributed by atoms with van der Waals surface area (Å²) in [5.41, 5.74) is 2.84. The molecule has 0 aliphatic rings. The molecular weight excluding hydrogens is 648 g/mol. The molecule has 0 saturated heterocycles. The zero-order chi connectivity index (χ0) is 22.0. The maximum Gasteiger partial charge on any atom is 0.338 e. The van der Waals surface area contributed by atoms with E-state index >= 15 is 0 Å². The van der Waals surface area contributed by atoms with Gasteiger partial charge in [0.15, 0.2) is 0 Å². The Morgan fingerprint density at radius 3 is 1.73 bits per heavy atom. The van der Waals surface area contributed by atoms with E-state index < -0.39 is 5.97 Å². The lowest BCUT2D eigenvalue weighted by atomic mass is 9.82. The predicted molar refractivity (Wildman–Crippen MR) is 130 cm³/mol. The normalized spacial score (nSPS) is 11.0. The first-order valence-corrected chi connectivity index (χ1v) is 12.0. The van der Waals surface area contributed by atoms with Gasteiger partial charge in [0.05, 0.1) is 30.1 Å². The summed E-state index contributed by atoms with van der Waals surface area (Å²) in [5, 5.41) is 20.4. The molecule has 3 aromatic rings. The fourth-order valence-electron chi connectivity index (χ4n) is 3.20. The van der Waals surface area contributed by atoms with Gasteiger partial charge in [0, 0.05) is 5.92 Å². The van der Waals surface area contributed by atoms with E-state index in [9.17, 15) is 15.0 Å². The Morgan fingerprint density at radius 2 is 1.30 bits per heavy atom. The highest BCUT2D eigenvalue weighted by atomic mass is 79.9. The highest BCUT2D eigenvalue weighted by molar-refractivity contribution is 9.11. The number of rotatable bonds is 5. The van der Waals surface area contributed by atoms with Crippen molar-refractivity contribution < 1.29 is 19.7 Å². The van der Waals surface area contributed by atoms with Gasteiger partial charge in [-0.15, -0.1) is 0 Å². The molecule has 0 unspecified atom stereocenters. The van der Waals surface area contributed by atoms with Gasteiger partial charge in [-0.05, 0) is 118 Å². The molecule has 8 heteroatoms. The van der Waals surface area contributed by atoms with E-state index in [1.54, 1.807) is 43.3 Å². The number of hydrogen-bond donors (Lipinski definition) is 2. The van der Waals surface area contributed by atoms with Gasteiger partial charge >= 0.3 is 5.97 Å². The van der Waals surface area contributed by atoms with Crippen molar-refractivity contribution in [3.63, 3.8) is 0 Å². The molecule has 0 saturated carbocycles. The second-order valence-electron chi connectivity index (χ2n) is 6.41. The molecule has 0 aromatic heterocycles. The lowest BCUT2D eigenvalue weighted by Gasteiger charge is -2.23. The molecule has 3 aromatic carbocycles. The highest BCUT2D eigenvalue weighted by Crippen LogP contribution is 2.43. The Bertz CT molecular complexity index is 1010. The maximum absolute atomic E-state index is 12.7. The summed E-state index contributed by atoms with van der Waals surface area (Å²) in [6.45, 7) is 2.03. The lowest BCUT2D eigenvalue weighted by molar-refractivity contribution is 0.0525. The number of phenols is 2. The Labute approximate surface area is 207 Å². The minimum atomic E-state index is -0.410. The molecule has 0 radical (unpaired) electrons. The number of carbonyl (C=O) groups excluding carboxylic acids is 1. The average molecular weight is 664 g/mol. The van der Waals surface area contributed by atoms with Crippen LogP contribution in [0.25, 0.3) is 0 Å². The van der Waals surface area contributed by atoms with Crippen LogP contribution in [0.15, 0.2) is 66.4 Å². The van der Waals surface area contributed by atoms with Gasteiger partial charge in [-0.3, -0.25) is 0 Å². The van der Waals surface area contributed by atoms with Crippen LogP contribution >= 0.6 is 63.7 Å². The van der Waals surface area contributed by atoms with Crippen LogP contribution in [0.4, 0.5) is 0 Å². The minimum absolute atomic E-state index is 0.0873. The van der Waals surface area contributed by atoms with Gasteiger partial charge in [0.1, 0.15) is 11.5 Å². The second-order valence-corrected chi connectivity index (χ2v) is 9.82. The van der Waals surface area contributed by atoms with E-state index in [4.69, 9.17) is 4.74 Å². The number of esters is 1. The second kappa shape index (κ2) is 9.85. The van der Waals surface area contributed by atoms with E-state index in [2.05, 4.69) is 63.7 Å². The van der Waals surface area contributed by atoms with Crippen molar-refractivity contribution in [3.8, 4) is 11.5 Å². The van der Waals surface area contributed by atoms with Gasteiger partial charge in [-0.1, -0.05) is 18.2 Å². The SMILES string of the molecule is CCOC(=O)c1ccccc1C(c1cc(Br)c(O)c(Br)c1)c1cc(Br)c(O)c(Br)c1. The summed E-state index contributed by atoms with van der Waals surface area (Å²) in [6.07, 6.45) is 0. The third-order valence-electron chi connectivity index (χ3n) is 4.51. The van der Waals surface area contributed by atoms with Crippen molar-refractivity contribution in [2.75, 3.05) is 6.61 Å². The van der Waals surface area contributed by atoms with Gasteiger partial charge in [0.2, 0.25) is 0 Å². The van der Waals surface area contributed by atoms with Gasteiger partial charge in [-0.2, -0.15) is 0 Å². The summed E-state index contributed by atoms with van der Waals surface area (Å²) < 4.78 is 7.33. The Morgan fingerprint density at radius 1 is 0.867 bits per heavy atom. The molecule has 0 heterocycles. The third kappa shape index (κ3) is 4.77. The van der Waals surface area contributed by atoms with Crippen LogP contribution in [0.2, 0.25) is 0 Å².